The van der Waals surface area contributed by atoms with E-state index in [1.807, 2.05) is 55.6 Å². The summed E-state index contributed by atoms with van der Waals surface area (Å²) in [5, 5.41) is 15.5. The lowest BCUT2D eigenvalue weighted by Crippen LogP contribution is -1.99. The molecule has 106 valence electrons. The van der Waals surface area contributed by atoms with E-state index in [-0.39, 0.29) is 0 Å². The summed E-state index contributed by atoms with van der Waals surface area (Å²) in [5.74, 6) is 0. The summed E-state index contributed by atoms with van der Waals surface area (Å²) in [6, 6.07) is 15.3. The molecule has 0 aliphatic heterocycles. The van der Waals surface area contributed by atoms with E-state index in [4.69, 9.17) is 11.6 Å². The van der Waals surface area contributed by atoms with E-state index in [0.717, 1.165) is 22.4 Å². The number of benzene rings is 2. The lowest BCUT2D eigenvalue weighted by molar-refractivity contribution is 0.220. The zero-order valence-electron chi connectivity index (χ0n) is 11.6. The maximum atomic E-state index is 10.5. The lowest BCUT2D eigenvalue weighted by atomic mass is 10.0. The van der Waals surface area contributed by atoms with Crippen molar-refractivity contribution in [3.05, 3.63) is 82.6 Å². The van der Waals surface area contributed by atoms with Crippen LogP contribution in [-0.4, -0.2) is 14.9 Å². The molecule has 0 bridgehead atoms. The Balaban J connectivity index is 1.90. The van der Waals surface area contributed by atoms with Crippen LogP contribution >= 0.6 is 11.6 Å². The van der Waals surface area contributed by atoms with Gasteiger partial charge < -0.3 is 5.11 Å². The highest BCUT2D eigenvalue weighted by Crippen LogP contribution is 2.25. The number of rotatable bonds is 3. The normalized spacial score (nSPS) is 12.3. The van der Waals surface area contributed by atoms with Crippen LogP contribution in [0, 0.1) is 6.92 Å². The number of hydrogen-bond donors (Lipinski definition) is 1. The summed E-state index contributed by atoms with van der Waals surface area (Å²) in [7, 11) is 0. The SMILES string of the molecule is Cc1cc(C(O)c2cnn(-c3ccccc3)c2)ccc1Cl. The molecule has 3 nitrogen and oxygen atoms in total. The summed E-state index contributed by atoms with van der Waals surface area (Å²) in [6.45, 7) is 1.92. The van der Waals surface area contributed by atoms with Crippen molar-refractivity contribution in [3.63, 3.8) is 0 Å². The number of aliphatic hydroxyl groups is 1. The van der Waals surface area contributed by atoms with Crippen LogP contribution in [0.15, 0.2) is 60.9 Å². The molecule has 3 rings (SSSR count). The topological polar surface area (TPSA) is 38.1 Å². The molecule has 21 heavy (non-hydrogen) atoms. The zero-order chi connectivity index (χ0) is 14.8. The fourth-order valence-electron chi connectivity index (χ4n) is 2.23. The molecule has 4 heteroatoms. The van der Waals surface area contributed by atoms with Crippen molar-refractivity contribution in [3.8, 4) is 5.69 Å². The Bertz CT molecular complexity index is 752. The smallest absolute Gasteiger partial charge is 0.107 e. The monoisotopic (exact) mass is 298 g/mol. The number of aromatic nitrogens is 2. The number of aliphatic hydroxyl groups excluding tert-OH is 1. The van der Waals surface area contributed by atoms with Crippen LogP contribution in [0.4, 0.5) is 0 Å². The first-order chi connectivity index (χ1) is 10.1. The average Bonchev–Trinajstić information content (AvgIpc) is 3.00. The average molecular weight is 299 g/mol. The third-order valence-corrected chi connectivity index (χ3v) is 3.86. The van der Waals surface area contributed by atoms with Gasteiger partial charge in [0.2, 0.25) is 0 Å². The molecule has 0 aliphatic rings. The molecule has 1 heterocycles. The molecule has 0 radical (unpaired) electrons. The molecule has 0 spiro atoms. The second-order valence-corrected chi connectivity index (χ2v) is 5.37. The fraction of sp³-hybridized carbons (Fsp3) is 0.118. The third-order valence-electron chi connectivity index (χ3n) is 3.44. The number of halogens is 1. The van der Waals surface area contributed by atoms with Crippen LogP contribution in [0.3, 0.4) is 0 Å². The Morgan fingerprint density at radius 3 is 2.57 bits per heavy atom. The molecule has 1 atom stereocenters. The Morgan fingerprint density at radius 2 is 1.86 bits per heavy atom. The minimum absolute atomic E-state index is 0.700. The predicted octanol–water partition coefficient (Wildman–Crippen LogP) is 3.92. The van der Waals surface area contributed by atoms with Gasteiger partial charge in [-0.2, -0.15) is 5.10 Å². The molecular weight excluding hydrogens is 284 g/mol. The largest absolute Gasteiger partial charge is 0.384 e. The van der Waals surface area contributed by atoms with Gasteiger partial charge in [-0.05, 0) is 36.2 Å². The second-order valence-electron chi connectivity index (χ2n) is 4.96. The molecular formula is C17H15ClN2O. The summed E-state index contributed by atoms with van der Waals surface area (Å²) in [4.78, 5) is 0. The van der Waals surface area contributed by atoms with Crippen molar-refractivity contribution in [2.45, 2.75) is 13.0 Å². The molecule has 0 saturated carbocycles. The maximum Gasteiger partial charge on any atom is 0.107 e. The molecule has 0 aliphatic carbocycles. The molecule has 0 fully saturated rings. The van der Waals surface area contributed by atoms with E-state index in [2.05, 4.69) is 5.10 Å². The van der Waals surface area contributed by atoms with Gasteiger partial charge in [0.25, 0.3) is 0 Å². The minimum Gasteiger partial charge on any atom is -0.384 e. The van der Waals surface area contributed by atoms with Crippen molar-refractivity contribution >= 4 is 11.6 Å². The third kappa shape index (κ3) is 2.84. The van der Waals surface area contributed by atoms with E-state index in [1.165, 1.54) is 0 Å². The van der Waals surface area contributed by atoms with Crippen molar-refractivity contribution < 1.29 is 5.11 Å². The molecule has 1 unspecified atom stereocenters. The van der Waals surface area contributed by atoms with Gasteiger partial charge in [-0.15, -0.1) is 0 Å². The highest BCUT2D eigenvalue weighted by Gasteiger charge is 2.14. The van der Waals surface area contributed by atoms with E-state index in [1.54, 1.807) is 16.9 Å². The van der Waals surface area contributed by atoms with E-state index >= 15 is 0 Å². The van der Waals surface area contributed by atoms with Crippen LogP contribution in [0.1, 0.15) is 22.8 Å². The van der Waals surface area contributed by atoms with Gasteiger partial charge >= 0.3 is 0 Å². The second kappa shape index (κ2) is 5.72. The summed E-state index contributed by atoms with van der Waals surface area (Å²) in [6.07, 6.45) is 2.81. The van der Waals surface area contributed by atoms with Crippen LogP contribution in [0.2, 0.25) is 5.02 Å². The Hall–Kier alpha value is -2.10. The van der Waals surface area contributed by atoms with Gasteiger partial charge in [0.15, 0.2) is 0 Å². The number of aryl methyl sites for hydroxylation is 1. The Morgan fingerprint density at radius 1 is 1.10 bits per heavy atom. The molecule has 1 aromatic heterocycles. The first-order valence-electron chi connectivity index (χ1n) is 6.69. The van der Waals surface area contributed by atoms with Crippen molar-refractivity contribution in [1.29, 1.82) is 0 Å². The van der Waals surface area contributed by atoms with Gasteiger partial charge in [0, 0.05) is 16.8 Å². The van der Waals surface area contributed by atoms with Gasteiger partial charge in [0.05, 0.1) is 11.9 Å². The summed E-state index contributed by atoms with van der Waals surface area (Å²) in [5.41, 5.74) is 3.47. The quantitative estimate of drug-likeness (QED) is 0.796. The molecule has 0 saturated heterocycles. The van der Waals surface area contributed by atoms with E-state index in [0.29, 0.717) is 5.02 Å². The Labute approximate surface area is 128 Å². The van der Waals surface area contributed by atoms with Crippen molar-refractivity contribution in [1.82, 2.24) is 9.78 Å². The highest BCUT2D eigenvalue weighted by atomic mass is 35.5. The number of nitrogens with zero attached hydrogens (tertiary/aromatic N) is 2. The summed E-state index contributed by atoms with van der Waals surface area (Å²) < 4.78 is 1.75. The Kier molecular flexibility index (Phi) is 3.78. The molecule has 2 aromatic carbocycles. The molecule has 3 aromatic rings. The lowest BCUT2D eigenvalue weighted by Gasteiger charge is -2.10. The van der Waals surface area contributed by atoms with Crippen LogP contribution < -0.4 is 0 Å². The van der Waals surface area contributed by atoms with Crippen LogP contribution in [-0.2, 0) is 0 Å². The van der Waals surface area contributed by atoms with Crippen molar-refractivity contribution in [2.75, 3.05) is 0 Å². The highest BCUT2D eigenvalue weighted by molar-refractivity contribution is 6.31. The number of hydrogen-bond acceptors (Lipinski definition) is 2. The molecule has 0 amide bonds. The first kappa shape index (κ1) is 13.9. The minimum atomic E-state index is -0.710. The number of para-hydroxylation sites is 1. The summed E-state index contributed by atoms with van der Waals surface area (Å²) >= 11 is 6.02. The fourth-order valence-corrected chi connectivity index (χ4v) is 2.35. The van der Waals surface area contributed by atoms with E-state index in [9.17, 15) is 5.11 Å². The van der Waals surface area contributed by atoms with Gasteiger partial charge in [0.1, 0.15) is 6.10 Å². The van der Waals surface area contributed by atoms with Gasteiger partial charge in [-0.25, -0.2) is 4.68 Å². The van der Waals surface area contributed by atoms with Crippen LogP contribution in [0.25, 0.3) is 5.69 Å². The zero-order valence-corrected chi connectivity index (χ0v) is 12.3. The predicted molar refractivity (Wildman–Crippen MR) is 83.8 cm³/mol. The van der Waals surface area contributed by atoms with Gasteiger partial charge in [-0.1, -0.05) is 41.9 Å². The molecule has 1 N–H and O–H groups in total. The van der Waals surface area contributed by atoms with Crippen molar-refractivity contribution in [2.24, 2.45) is 0 Å². The maximum absolute atomic E-state index is 10.5. The van der Waals surface area contributed by atoms with Gasteiger partial charge in [-0.3, -0.25) is 0 Å². The van der Waals surface area contributed by atoms with E-state index < -0.39 is 6.10 Å². The first-order valence-corrected chi connectivity index (χ1v) is 7.07. The van der Waals surface area contributed by atoms with Crippen LogP contribution in [0.5, 0.6) is 0 Å². The standard InChI is InChI=1S/C17H15ClN2O/c1-12-9-13(7-8-16(12)18)17(21)14-10-19-20(11-14)15-5-3-2-4-6-15/h2-11,17,21H,1H3.